The first-order valence-electron chi connectivity index (χ1n) is 5.79. The van der Waals surface area contributed by atoms with Crippen molar-refractivity contribution in [3.8, 4) is 0 Å². The lowest BCUT2D eigenvalue weighted by Gasteiger charge is -2.22. The van der Waals surface area contributed by atoms with Gasteiger partial charge in [-0.05, 0) is 26.0 Å². The van der Waals surface area contributed by atoms with Crippen LogP contribution >= 0.6 is 0 Å². The second-order valence-electron chi connectivity index (χ2n) is 4.86. The molecule has 1 heterocycles. The molecule has 0 saturated heterocycles. The van der Waals surface area contributed by atoms with E-state index >= 15 is 0 Å². The second-order valence-corrected chi connectivity index (χ2v) is 7.51. The highest BCUT2D eigenvalue weighted by Crippen LogP contribution is 2.15. The molecular formula is C12H19N3O3S. The average Bonchev–Trinajstić information content (AvgIpc) is 2.34. The highest BCUT2D eigenvalue weighted by molar-refractivity contribution is 7.92. The Morgan fingerprint density at radius 1 is 1.42 bits per heavy atom. The van der Waals surface area contributed by atoms with E-state index < -0.39 is 14.6 Å². The quantitative estimate of drug-likeness (QED) is 0.830. The molecule has 0 aliphatic heterocycles. The molecule has 19 heavy (non-hydrogen) atoms. The molecule has 0 spiro atoms. The number of carbonyl (C=O) groups excluding carboxylic acids is 1. The highest BCUT2D eigenvalue weighted by atomic mass is 32.2. The Labute approximate surface area is 113 Å². The van der Waals surface area contributed by atoms with Gasteiger partial charge >= 0.3 is 0 Å². The zero-order chi connectivity index (χ0) is 14.7. The van der Waals surface area contributed by atoms with Crippen LogP contribution in [0.5, 0.6) is 0 Å². The van der Waals surface area contributed by atoms with E-state index in [-0.39, 0.29) is 12.5 Å². The van der Waals surface area contributed by atoms with Crippen LogP contribution in [0.25, 0.3) is 0 Å². The maximum absolute atomic E-state index is 12.0. The minimum Gasteiger partial charge on any atom is -0.372 e. The number of carbonyl (C=O) groups is 1. The summed E-state index contributed by atoms with van der Waals surface area (Å²) in [4.78, 5) is 16.0. The Morgan fingerprint density at radius 3 is 2.58 bits per heavy atom. The number of hydrogen-bond donors (Lipinski definition) is 2. The summed E-state index contributed by atoms with van der Waals surface area (Å²) in [5.74, 6) is 0.103. The topological polar surface area (TPSA) is 88.2 Å². The van der Waals surface area contributed by atoms with E-state index in [1.807, 2.05) is 0 Å². The van der Waals surface area contributed by atoms with Crippen molar-refractivity contribution >= 4 is 21.6 Å². The molecule has 0 aliphatic carbocycles. The summed E-state index contributed by atoms with van der Waals surface area (Å²) in [5, 5.41) is 5.44. The maximum atomic E-state index is 12.0. The van der Waals surface area contributed by atoms with Crippen LogP contribution in [0.1, 0.15) is 24.2 Å². The summed E-state index contributed by atoms with van der Waals surface area (Å²) < 4.78 is 22.1. The predicted molar refractivity (Wildman–Crippen MR) is 75.0 cm³/mol. The Morgan fingerprint density at radius 2 is 2.05 bits per heavy atom. The van der Waals surface area contributed by atoms with Crippen LogP contribution in [0.4, 0.5) is 5.82 Å². The lowest BCUT2D eigenvalue weighted by Crippen LogP contribution is -2.43. The first-order chi connectivity index (χ1) is 8.69. The molecule has 0 aliphatic rings. The van der Waals surface area contributed by atoms with Crippen LogP contribution in [0.2, 0.25) is 0 Å². The molecular weight excluding hydrogens is 266 g/mol. The molecule has 0 aromatic carbocycles. The van der Waals surface area contributed by atoms with Gasteiger partial charge in [-0.1, -0.05) is 0 Å². The van der Waals surface area contributed by atoms with Crippen molar-refractivity contribution < 1.29 is 13.2 Å². The maximum Gasteiger partial charge on any atom is 0.255 e. The molecule has 0 saturated carbocycles. The van der Waals surface area contributed by atoms with Gasteiger partial charge in [0.25, 0.3) is 5.91 Å². The fourth-order valence-corrected chi connectivity index (χ4v) is 1.64. The van der Waals surface area contributed by atoms with E-state index in [4.69, 9.17) is 0 Å². The van der Waals surface area contributed by atoms with Crippen molar-refractivity contribution in [2.75, 3.05) is 25.2 Å². The first-order valence-corrected chi connectivity index (χ1v) is 7.69. The van der Waals surface area contributed by atoms with Crippen molar-refractivity contribution in [3.63, 3.8) is 0 Å². The largest absolute Gasteiger partial charge is 0.372 e. The van der Waals surface area contributed by atoms with E-state index in [1.54, 1.807) is 39.2 Å². The van der Waals surface area contributed by atoms with Gasteiger partial charge in [0.2, 0.25) is 0 Å². The molecule has 1 rings (SSSR count). The average molecular weight is 285 g/mol. The summed E-state index contributed by atoms with van der Waals surface area (Å²) >= 11 is 0. The van der Waals surface area contributed by atoms with Crippen molar-refractivity contribution in [1.29, 1.82) is 0 Å². The Bertz CT molecular complexity index is 567. The molecule has 7 heteroatoms. The molecule has 6 nitrogen and oxygen atoms in total. The molecule has 1 aromatic rings. The standard InChI is InChI=1S/C12H19N3O3S/c1-12(2,19(4,17)18)8-15-11(16)9-6-5-7-14-10(9)13-3/h5-7H,8H2,1-4H3,(H,13,14)(H,15,16). The number of rotatable bonds is 5. The predicted octanol–water partition coefficient (Wildman–Crippen LogP) is 0.676. The van der Waals surface area contributed by atoms with Crippen LogP contribution < -0.4 is 10.6 Å². The fraction of sp³-hybridized carbons (Fsp3) is 0.500. The minimum absolute atomic E-state index is 0.0444. The van der Waals surface area contributed by atoms with Crippen LogP contribution in [-0.4, -0.2) is 43.9 Å². The van der Waals surface area contributed by atoms with Crippen LogP contribution in [0.15, 0.2) is 18.3 Å². The van der Waals surface area contributed by atoms with Crippen molar-refractivity contribution in [2.24, 2.45) is 0 Å². The third-order valence-electron chi connectivity index (χ3n) is 2.97. The van der Waals surface area contributed by atoms with Crippen LogP contribution in [-0.2, 0) is 9.84 Å². The van der Waals surface area contributed by atoms with Crippen LogP contribution in [0.3, 0.4) is 0 Å². The van der Waals surface area contributed by atoms with Gasteiger partial charge in [-0.3, -0.25) is 4.79 Å². The molecule has 106 valence electrons. The Hall–Kier alpha value is -1.63. The fourth-order valence-electron chi connectivity index (χ4n) is 1.31. The van der Waals surface area contributed by atoms with Crippen molar-refractivity contribution in [3.05, 3.63) is 23.9 Å². The number of hydrogen-bond acceptors (Lipinski definition) is 5. The third kappa shape index (κ3) is 3.66. The number of pyridine rings is 1. The normalized spacial score (nSPS) is 12.0. The van der Waals surface area contributed by atoms with Gasteiger partial charge in [0.15, 0.2) is 9.84 Å². The zero-order valence-corrected chi connectivity index (χ0v) is 12.3. The Kier molecular flexibility index (Phi) is 4.52. The monoisotopic (exact) mass is 285 g/mol. The smallest absolute Gasteiger partial charge is 0.255 e. The molecule has 1 aromatic heterocycles. The molecule has 0 unspecified atom stereocenters. The third-order valence-corrected chi connectivity index (χ3v) is 5.12. The number of aromatic nitrogens is 1. The van der Waals surface area contributed by atoms with Crippen molar-refractivity contribution in [1.82, 2.24) is 10.3 Å². The van der Waals surface area contributed by atoms with Gasteiger partial charge in [-0.2, -0.15) is 0 Å². The van der Waals surface area contributed by atoms with E-state index in [1.165, 1.54) is 0 Å². The number of nitrogens with one attached hydrogen (secondary N) is 2. The van der Waals surface area contributed by atoms with E-state index in [0.717, 1.165) is 6.26 Å². The first kappa shape index (κ1) is 15.4. The lowest BCUT2D eigenvalue weighted by atomic mass is 10.2. The highest BCUT2D eigenvalue weighted by Gasteiger charge is 2.30. The molecule has 0 fully saturated rings. The van der Waals surface area contributed by atoms with E-state index in [9.17, 15) is 13.2 Å². The van der Waals surface area contributed by atoms with Crippen molar-refractivity contribution in [2.45, 2.75) is 18.6 Å². The van der Waals surface area contributed by atoms with Gasteiger partial charge in [-0.15, -0.1) is 0 Å². The molecule has 0 bridgehead atoms. The summed E-state index contributed by atoms with van der Waals surface area (Å²) in [6.07, 6.45) is 2.73. The second kappa shape index (κ2) is 5.56. The number of sulfone groups is 1. The summed E-state index contributed by atoms with van der Waals surface area (Å²) in [5.41, 5.74) is 0.384. The minimum atomic E-state index is -3.24. The summed E-state index contributed by atoms with van der Waals surface area (Å²) in [7, 11) is -1.58. The van der Waals surface area contributed by atoms with Gasteiger partial charge in [0, 0.05) is 26.0 Å². The van der Waals surface area contributed by atoms with Gasteiger partial charge in [0.1, 0.15) is 5.82 Å². The van der Waals surface area contributed by atoms with Gasteiger partial charge in [0.05, 0.1) is 10.3 Å². The molecule has 0 atom stereocenters. The zero-order valence-electron chi connectivity index (χ0n) is 11.5. The van der Waals surface area contributed by atoms with Crippen LogP contribution in [0, 0.1) is 0 Å². The number of anilines is 1. The van der Waals surface area contributed by atoms with E-state index in [0.29, 0.717) is 11.4 Å². The number of amides is 1. The number of nitrogens with zero attached hydrogens (tertiary/aromatic N) is 1. The molecule has 1 amide bonds. The summed E-state index contributed by atoms with van der Waals surface area (Å²) in [6, 6.07) is 3.28. The van der Waals surface area contributed by atoms with E-state index in [2.05, 4.69) is 15.6 Å². The molecule has 0 radical (unpaired) electrons. The van der Waals surface area contributed by atoms with Gasteiger partial charge < -0.3 is 10.6 Å². The van der Waals surface area contributed by atoms with Gasteiger partial charge in [-0.25, -0.2) is 13.4 Å². The SMILES string of the molecule is CNc1ncccc1C(=O)NCC(C)(C)S(C)(=O)=O. The molecule has 2 N–H and O–H groups in total. The lowest BCUT2D eigenvalue weighted by molar-refractivity contribution is 0.0951. The Balaban J connectivity index is 2.82. The summed E-state index contributed by atoms with van der Waals surface area (Å²) in [6.45, 7) is 3.19.